The number of aryl methyl sites for hydroxylation is 1. The molecule has 4 heteroatoms. The number of amides is 1. The molecule has 0 fully saturated rings. The second-order valence-electron chi connectivity index (χ2n) is 5.60. The Kier molecular flexibility index (Phi) is 4.62. The maximum Gasteiger partial charge on any atom is 0.222 e. The van der Waals surface area contributed by atoms with Crippen molar-refractivity contribution in [3.63, 3.8) is 0 Å². The van der Waals surface area contributed by atoms with Gasteiger partial charge in [-0.25, -0.2) is 0 Å². The molecule has 0 saturated heterocycles. The van der Waals surface area contributed by atoms with Crippen LogP contribution in [-0.2, 0) is 17.8 Å². The van der Waals surface area contributed by atoms with Gasteiger partial charge in [0.15, 0.2) is 0 Å². The molecule has 3 aromatic rings. The fourth-order valence-electron chi connectivity index (χ4n) is 2.62. The first-order valence-corrected chi connectivity index (χ1v) is 7.69. The number of carbonyl (C=O) groups is 1. The molecule has 116 valence electrons. The lowest BCUT2D eigenvalue weighted by molar-refractivity contribution is -0.130. The molecule has 0 aliphatic carbocycles. The first-order chi connectivity index (χ1) is 11.2. The van der Waals surface area contributed by atoms with Crippen LogP contribution in [0.4, 0.5) is 0 Å². The number of benzene rings is 1. The SMILES string of the molecule is CN(Cc1ccnc2ccccc12)C(=O)CCc1cccnc1. The van der Waals surface area contributed by atoms with Gasteiger partial charge >= 0.3 is 0 Å². The van der Waals surface area contributed by atoms with Crippen molar-refractivity contribution in [3.8, 4) is 0 Å². The quantitative estimate of drug-likeness (QED) is 0.727. The minimum Gasteiger partial charge on any atom is -0.341 e. The van der Waals surface area contributed by atoms with Crippen LogP contribution in [0.15, 0.2) is 61.1 Å². The highest BCUT2D eigenvalue weighted by Gasteiger charge is 2.11. The van der Waals surface area contributed by atoms with E-state index in [0.29, 0.717) is 19.4 Å². The van der Waals surface area contributed by atoms with E-state index in [-0.39, 0.29) is 5.91 Å². The number of pyridine rings is 2. The van der Waals surface area contributed by atoms with Crippen LogP contribution < -0.4 is 0 Å². The topological polar surface area (TPSA) is 46.1 Å². The van der Waals surface area contributed by atoms with Gasteiger partial charge in [-0.3, -0.25) is 14.8 Å². The van der Waals surface area contributed by atoms with E-state index in [2.05, 4.69) is 9.97 Å². The summed E-state index contributed by atoms with van der Waals surface area (Å²) >= 11 is 0. The summed E-state index contributed by atoms with van der Waals surface area (Å²) in [6.07, 6.45) is 6.56. The third-order valence-corrected chi connectivity index (χ3v) is 3.92. The van der Waals surface area contributed by atoms with Crippen LogP contribution in [0, 0.1) is 0 Å². The molecule has 3 rings (SSSR count). The largest absolute Gasteiger partial charge is 0.341 e. The lowest BCUT2D eigenvalue weighted by Crippen LogP contribution is -2.26. The standard InChI is InChI=1S/C19H19N3O/c1-22(19(23)9-8-15-5-4-11-20-13-15)14-16-10-12-21-18-7-3-2-6-17(16)18/h2-7,10-13H,8-9,14H2,1H3. The summed E-state index contributed by atoms with van der Waals surface area (Å²) in [5, 5.41) is 1.10. The van der Waals surface area contributed by atoms with Gasteiger partial charge in [-0.05, 0) is 35.7 Å². The molecule has 0 spiro atoms. The fourth-order valence-corrected chi connectivity index (χ4v) is 2.62. The van der Waals surface area contributed by atoms with Gasteiger partial charge in [0.25, 0.3) is 0 Å². The highest BCUT2D eigenvalue weighted by Crippen LogP contribution is 2.18. The minimum absolute atomic E-state index is 0.134. The van der Waals surface area contributed by atoms with Gasteiger partial charge in [0.05, 0.1) is 5.52 Å². The Hall–Kier alpha value is -2.75. The molecule has 0 N–H and O–H groups in total. The van der Waals surface area contributed by atoms with Gasteiger partial charge < -0.3 is 4.90 Å². The molecule has 0 saturated carbocycles. The highest BCUT2D eigenvalue weighted by molar-refractivity contribution is 5.82. The summed E-state index contributed by atoms with van der Waals surface area (Å²) in [6.45, 7) is 0.592. The number of aromatic nitrogens is 2. The lowest BCUT2D eigenvalue weighted by Gasteiger charge is -2.18. The van der Waals surface area contributed by atoms with Crippen molar-refractivity contribution >= 4 is 16.8 Å². The van der Waals surface area contributed by atoms with Gasteiger partial charge in [0, 0.05) is 44.0 Å². The monoisotopic (exact) mass is 305 g/mol. The van der Waals surface area contributed by atoms with Crippen LogP contribution in [0.3, 0.4) is 0 Å². The van der Waals surface area contributed by atoms with Crippen LogP contribution in [0.2, 0.25) is 0 Å². The zero-order chi connectivity index (χ0) is 16.1. The Bertz CT molecular complexity index is 797. The summed E-state index contributed by atoms with van der Waals surface area (Å²) < 4.78 is 0. The van der Waals surface area contributed by atoms with Crippen molar-refractivity contribution in [2.24, 2.45) is 0 Å². The lowest BCUT2D eigenvalue weighted by atomic mass is 10.1. The molecule has 0 bridgehead atoms. The Labute approximate surface area is 135 Å². The molecular formula is C19H19N3O. The summed E-state index contributed by atoms with van der Waals surface area (Å²) in [6, 6.07) is 13.9. The molecule has 2 aromatic heterocycles. The maximum absolute atomic E-state index is 12.3. The minimum atomic E-state index is 0.134. The Morgan fingerprint density at radius 2 is 1.96 bits per heavy atom. The van der Waals surface area contributed by atoms with E-state index in [9.17, 15) is 4.79 Å². The predicted molar refractivity (Wildman–Crippen MR) is 90.8 cm³/mol. The summed E-state index contributed by atoms with van der Waals surface area (Å²) in [5.41, 5.74) is 3.16. The Morgan fingerprint density at radius 3 is 2.78 bits per heavy atom. The third-order valence-electron chi connectivity index (χ3n) is 3.92. The van der Waals surface area contributed by atoms with Gasteiger partial charge in [-0.2, -0.15) is 0 Å². The number of hydrogen-bond acceptors (Lipinski definition) is 3. The number of hydrogen-bond donors (Lipinski definition) is 0. The van der Waals surface area contributed by atoms with Crippen molar-refractivity contribution in [3.05, 3.63) is 72.2 Å². The van der Waals surface area contributed by atoms with Gasteiger partial charge in [-0.1, -0.05) is 24.3 Å². The fraction of sp³-hybridized carbons (Fsp3) is 0.211. The smallest absolute Gasteiger partial charge is 0.222 e. The van der Waals surface area contributed by atoms with Gasteiger partial charge in [0.2, 0.25) is 5.91 Å². The summed E-state index contributed by atoms with van der Waals surface area (Å²) in [4.78, 5) is 22.6. The van der Waals surface area contributed by atoms with Crippen molar-refractivity contribution < 1.29 is 4.79 Å². The van der Waals surface area contributed by atoms with E-state index in [4.69, 9.17) is 0 Å². The van der Waals surface area contributed by atoms with E-state index in [0.717, 1.165) is 22.0 Å². The molecular weight excluding hydrogens is 286 g/mol. The van der Waals surface area contributed by atoms with Crippen LogP contribution in [0.5, 0.6) is 0 Å². The van der Waals surface area contributed by atoms with Crippen molar-refractivity contribution in [1.29, 1.82) is 0 Å². The Morgan fingerprint density at radius 1 is 1.09 bits per heavy atom. The van der Waals surface area contributed by atoms with Crippen LogP contribution in [0.1, 0.15) is 17.5 Å². The zero-order valence-corrected chi connectivity index (χ0v) is 13.1. The summed E-state index contributed by atoms with van der Waals surface area (Å²) in [7, 11) is 1.85. The van der Waals surface area contributed by atoms with Crippen LogP contribution in [-0.4, -0.2) is 27.8 Å². The number of para-hydroxylation sites is 1. The second-order valence-corrected chi connectivity index (χ2v) is 5.60. The molecule has 0 radical (unpaired) electrons. The number of carbonyl (C=O) groups excluding carboxylic acids is 1. The molecule has 4 nitrogen and oxygen atoms in total. The van der Waals surface area contributed by atoms with E-state index >= 15 is 0 Å². The van der Waals surface area contributed by atoms with E-state index in [1.165, 1.54) is 0 Å². The molecule has 0 aliphatic rings. The number of fused-ring (bicyclic) bond motifs is 1. The van der Waals surface area contributed by atoms with Gasteiger partial charge in [0.1, 0.15) is 0 Å². The third kappa shape index (κ3) is 3.72. The average Bonchev–Trinajstić information content (AvgIpc) is 2.61. The molecule has 0 unspecified atom stereocenters. The maximum atomic E-state index is 12.3. The van der Waals surface area contributed by atoms with E-state index in [1.807, 2.05) is 55.7 Å². The molecule has 23 heavy (non-hydrogen) atoms. The van der Waals surface area contributed by atoms with Crippen LogP contribution >= 0.6 is 0 Å². The number of nitrogens with zero attached hydrogens (tertiary/aromatic N) is 3. The van der Waals surface area contributed by atoms with E-state index < -0.39 is 0 Å². The molecule has 0 atom stereocenters. The molecule has 0 aliphatic heterocycles. The van der Waals surface area contributed by atoms with Crippen molar-refractivity contribution in [1.82, 2.24) is 14.9 Å². The normalized spacial score (nSPS) is 10.7. The van der Waals surface area contributed by atoms with Gasteiger partial charge in [-0.15, -0.1) is 0 Å². The first kappa shape index (κ1) is 15.2. The van der Waals surface area contributed by atoms with E-state index in [1.54, 1.807) is 17.3 Å². The predicted octanol–water partition coefficient (Wildman–Crippen LogP) is 3.22. The average molecular weight is 305 g/mol. The Balaban J connectivity index is 1.66. The molecule has 1 amide bonds. The highest BCUT2D eigenvalue weighted by atomic mass is 16.2. The zero-order valence-electron chi connectivity index (χ0n) is 13.1. The van der Waals surface area contributed by atoms with Crippen molar-refractivity contribution in [2.75, 3.05) is 7.05 Å². The molecule has 2 heterocycles. The molecule has 1 aromatic carbocycles. The number of rotatable bonds is 5. The van der Waals surface area contributed by atoms with Crippen molar-refractivity contribution in [2.45, 2.75) is 19.4 Å². The second kappa shape index (κ2) is 7.01. The van der Waals surface area contributed by atoms with Crippen LogP contribution in [0.25, 0.3) is 10.9 Å². The summed E-state index contributed by atoms with van der Waals surface area (Å²) in [5.74, 6) is 0.134. The first-order valence-electron chi connectivity index (χ1n) is 7.69.